The second-order valence-corrected chi connectivity index (χ2v) is 7.38. The zero-order valence-electron chi connectivity index (χ0n) is 16.5. The minimum Gasteiger partial charge on any atom is -0.444 e. The SMILES string of the molecule is CCC(CNC(=O)OC(C)(C)C)C(=O)N(C)c1cc(C(N)O)ccc1C. The lowest BCUT2D eigenvalue weighted by Crippen LogP contribution is -2.41. The molecule has 0 radical (unpaired) electrons. The van der Waals surface area contributed by atoms with E-state index in [4.69, 9.17) is 10.5 Å². The van der Waals surface area contributed by atoms with Gasteiger partial charge in [-0.25, -0.2) is 4.79 Å². The molecule has 0 aliphatic rings. The van der Waals surface area contributed by atoms with Crippen LogP contribution in [0.4, 0.5) is 10.5 Å². The molecule has 0 aromatic heterocycles. The zero-order valence-corrected chi connectivity index (χ0v) is 16.5. The Morgan fingerprint density at radius 2 is 1.96 bits per heavy atom. The number of alkyl carbamates (subject to hydrolysis) is 1. The standard InChI is InChI=1S/C19H31N3O4/c1-7-13(11-21-18(25)26-19(3,4)5)17(24)22(6)15-10-14(16(20)23)9-8-12(15)2/h8-10,13,16,23H,7,11,20H2,1-6H3,(H,21,25). The van der Waals surface area contributed by atoms with E-state index in [0.717, 1.165) is 5.56 Å². The van der Waals surface area contributed by atoms with E-state index in [1.54, 1.807) is 40.0 Å². The summed E-state index contributed by atoms with van der Waals surface area (Å²) in [5.74, 6) is -0.520. The maximum absolute atomic E-state index is 12.8. The first-order valence-corrected chi connectivity index (χ1v) is 8.74. The highest BCUT2D eigenvalue weighted by atomic mass is 16.6. The molecule has 1 rings (SSSR count). The van der Waals surface area contributed by atoms with Crippen molar-refractivity contribution in [3.8, 4) is 0 Å². The molecule has 2 amide bonds. The Morgan fingerprint density at radius 1 is 1.35 bits per heavy atom. The lowest BCUT2D eigenvalue weighted by atomic mass is 10.0. The predicted molar refractivity (Wildman–Crippen MR) is 102 cm³/mol. The first-order chi connectivity index (χ1) is 12.0. The molecule has 0 saturated carbocycles. The number of aliphatic hydroxyl groups is 1. The summed E-state index contributed by atoms with van der Waals surface area (Å²) in [5, 5.41) is 12.2. The summed E-state index contributed by atoms with van der Waals surface area (Å²) < 4.78 is 5.20. The highest BCUT2D eigenvalue weighted by Gasteiger charge is 2.24. The average Bonchev–Trinajstić information content (AvgIpc) is 2.53. The van der Waals surface area contributed by atoms with Crippen molar-refractivity contribution < 1.29 is 19.4 Å². The third-order valence-corrected chi connectivity index (χ3v) is 4.00. The number of rotatable bonds is 6. The van der Waals surface area contributed by atoms with Crippen LogP contribution in [0.3, 0.4) is 0 Å². The first kappa shape index (κ1) is 21.9. The molecule has 146 valence electrons. The van der Waals surface area contributed by atoms with Crippen molar-refractivity contribution in [2.24, 2.45) is 11.7 Å². The Labute approximate surface area is 155 Å². The van der Waals surface area contributed by atoms with Crippen LogP contribution in [-0.4, -0.2) is 36.3 Å². The summed E-state index contributed by atoms with van der Waals surface area (Å²) in [6.07, 6.45) is -1.08. The van der Waals surface area contributed by atoms with Gasteiger partial charge in [0, 0.05) is 19.3 Å². The average molecular weight is 365 g/mol. The van der Waals surface area contributed by atoms with Crippen molar-refractivity contribution in [2.75, 3.05) is 18.5 Å². The third kappa shape index (κ3) is 6.31. The maximum atomic E-state index is 12.8. The molecule has 26 heavy (non-hydrogen) atoms. The molecule has 7 nitrogen and oxygen atoms in total. The molecular formula is C19H31N3O4. The van der Waals surface area contributed by atoms with E-state index >= 15 is 0 Å². The Hall–Kier alpha value is -2.12. The summed E-state index contributed by atoms with van der Waals surface area (Å²) in [6.45, 7) is 9.30. The molecular weight excluding hydrogens is 334 g/mol. The molecule has 4 N–H and O–H groups in total. The molecule has 0 bridgehead atoms. The molecule has 2 atom stereocenters. The molecule has 0 aliphatic carbocycles. The van der Waals surface area contributed by atoms with Crippen LogP contribution in [0.25, 0.3) is 0 Å². The van der Waals surface area contributed by atoms with Crippen molar-refractivity contribution in [1.29, 1.82) is 0 Å². The minimum absolute atomic E-state index is 0.129. The Balaban J connectivity index is 2.85. The molecule has 1 aromatic carbocycles. The number of nitrogens with two attached hydrogens (primary N) is 1. The van der Waals surface area contributed by atoms with Gasteiger partial charge in [-0.1, -0.05) is 19.1 Å². The smallest absolute Gasteiger partial charge is 0.407 e. The van der Waals surface area contributed by atoms with Gasteiger partial charge >= 0.3 is 6.09 Å². The molecule has 1 aromatic rings. The number of carbonyl (C=O) groups excluding carboxylic acids is 2. The second kappa shape index (κ2) is 9.00. The molecule has 7 heteroatoms. The number of aryl methyl sites for hydroxylation is 1. The number of ether oxygens (including phenoxy) is 1. The van der Waals surface area contributed by atoms with E-state index in [9.17, 15) is 14.7 Å². The third-order valence-electron chi connectivity index (χ3n) is 4.00. The fourth-order valence-electron chi connectivity index (χ4n) is 2.49. The molecule has 0 spiro atoms. The van der Waals surface area contributed by atoms with Crippen LogP contribution in [0, 0.1) is 12.8 Å². The predicted octanol–water partition coefficient (Wildman–Crippen LogP) is 2.46. The molecule has 0 fully saturated rings. The van der Waals surface area contributed by atoms with Gasteiger partial charge in [-0.2, -0.15) is 0 Å². The largest absolute Gasteiger partial charge is 0.444 e. The number of benzene rings is 1. The van der Waals surface area contributed by atoms with Crippen molar-refractivity contribution in [1.82, 2.24) is 5.32 Å². The monoisotopic (exact) mass is 365 g/mol. The van der Waals surface area contributed by atoms with Crippen molar-refractivity contribution >= 4 is 17.7 Å². The van der Waals surface area contributed by atoms with Gasteiger partial charge < -0.3 is 25.8 Å². The van der Waals surface area contributed by atoms with E-state index in [0.29, 0.717) is 17.7 Å². The summed E-state index contributed by atoms with van der Waals surface area (Å²) in [6, 6.07) is 5.24. The quantitative estimate of drug-likeness (QED) is 0.672. The van der Waals surface area contributed by atoms with E-state index in [1.807, 2.05) is 19.9 Å². The van der Waals surface area contributed by atoms with Gasteiger partial charge in [-0.15, -0.1) is 0 Å². The van der Waals surface area contributed by atoms with Crippen LogP contribution in [0.2, 0.25) is 0 Å². The van der Waals surface area contributed by atoms with Gasteiger partial charge in [0.1, 0.15) is 11.8 Å². The number of aliphatic hydroxyl groups excluding tert-OH is 1. The normalized spacial score (nSPS) is 13.7. The van der Waals surface area contributed by atoms with Crippen LogP contribution in [0.15, 0.2) is 18.2 Å². The van der Waals surface area contributed by atoms with E-state index < -0.39 is 23.8 Å². The number of anilines is 1. The fourth-order valence-corrected chi connectivity index (χ4v) is 2.49. The highest BCUT2D eigenvalue weighted by molar-refractivity contribution is 5.95. The second-order valence-electron chi connectivity index (χ2n) is 7.38. The number of nitrogens with zero attached hydrogens (tertiary/aromatic N) is 1. The first-order valence-electron chi connectivity index (χ1n) is 8.74. The van der Waals surface area contributed by atoms with Crippen molar-refractivity contribution in [3.63, 3.8) is 0 Å². The lowest BCUT2D eigenvalue weighted by molar-refractivity contribution is -0.122. The Kier molecular flexibility index (Phi) is 7.59. The molecule has 2 unspecified atom stereocenters. The van der Waals surface area contributed by atoms with Gasteiger partial charge in [0.25, 0.3) is 0 Å². The van der Waals surface area contributed by atoms with Crippen LogP contribution in [-0.2, 0) is 9.53 Å². The number of hydrogen-bond donors (Lipinski definition) is 3. The number of nitrogens with one attached hydrogen (secondary N) is 1. The summed E-state index contributed by atoms with van der Waals surface area (Å²) >= 11 is 0. The van der Waals surface area contributed by atoms with Gasteiger partial charge in [-0.3, -0.25) is 4.79 Å². The van der Waals surface area contributed by atoms with Crippen LogP contribution in [0.5, 0.6) is 0 Å². The van der Waals surface area contributed by atoms with E-state index in [2.05, 4.69) is 5.32 Å². The van der Waals surface area contributed by atoms with Gasteiger partial charge in [0.05, 0.1) is 5.92 Å². The Bertz CT molecular complexity index is 638. The summed E-state index contributed by atoms with van der Waals surface area (Å²) in [7, 11) is 1.67. The summed E-state index contributed by atoms with van der Waals surface area (Å²) in [4.78, 5) is 26.2. The van der Waals surface area contributed by atoms with E-state index in [1.165, 1.54) is 4.90 Å². The van der Waals surface area contributed by atoms with Crippen molar-refractivity contribution in [2.45, 2.75) is 52.9 Å². The highest BCUT2D eigenvalue weighted by Crippen LogP contribution is 2.24. The lowest BCUT2D eigenvalue weighted by Gasteiger charge is -2.26. The Morgan fingerprint density at radius 3 is 2.46 bits per heavy atom. The van der Waals surface area contributed by atoms with Gasteiger partial charge in [-0.05, 0) is 51.3 Å². The van der Waals surface area contributed by atoms with E-state index in [-0.39, 0.29) is 12.5 Å². The number of hydrogen-bond acceptors (Lipinski definition) is 5. The summed E-state index contributed by atoms with van der Waals surface area (Å²) in [5.41, 5.74) is 7.02. The van der Waals surface area contributed by atoms with Gasteiger partial charge in [0.15, 0.2) is 0 Å². The molecule has 0 saturated heterocycles. The zero-order chi connectivity index (χ0) is 20.1. The number of amides is 2. The fraction of sp³-hybridized carbons (Fsp3) is 0.579. The molecule has 0 aliphatic heterocycles. The maximum Gasteiger partial charge on any atom is 0.407 e. The van der Waals surface area contributed by atoms with Crippen molar-refractivity contribution in [3.05, 3.63) is 29.3 Å². The minimum atomic E-state index is -1.10. The number of carbonyl (C=O) groups is 2. The van der Waals surface area contributed by atoms with Gasteiger partial charge in [0.2, 0.25) is 5.91 Å². The molecule has 0 heterocycles. The van der Waals surface area contributed by atoms with Crippen LogP contribution in [0.1, 0.15) is 51.5 Å². The van der Waals surface area contributed by atoms with Crippen LogP contribution >= 0.6 is 0 Å². The van der Waals surface area contributed by atoms with Crippen LogP contribution < -0.4 is 16.0 Å². The topological polar surface area (TPSA) is 105 Å².